The highest BCUT2D eigenvalue weighted by Crippen LogP contribution is 2.29. The van der Waals surface area contributed by atoms with E-state index in [-0.39, 0.29) is 5.56 Å². The molecule has 30 heavy (non-hydrogen) atoms. The van der Waals surface area contributed by atoms with Gasteiger partial charge in [0.1, 0.15) is 23.9 Å². The third-order valence-corrected chi connectivity index (χ3v) is 4.16. The van der Waals surface area contributed by atoms with Gasteiger partial charge in [-0.3, -0.25) is 14.4 Å². The molecule has 0 bridgehead atoms. The number of esters is 1. The first-order chi connectivity index (χ1) is 14.3. The second-order valence-electron chi connectivity index (χ2n) is 6.22. The van der Waals surface area contributed by atoms with E-state index in [0.29, 0.717) is 17.1 Å². The zero-order valence-corrected chi connectivity index (χ0v) is 16.9. The molecule has 0 spiro atoms. The summed E-state index contributed by atoms with van der Waals surface area (Å²) in [6.45, 7) is 0.705. The van der Waals surface area contributed by atoms with Crippen LogP contribution in [0.3, 0.4) is 0 Å². The van der Waals surface area contributed by atoms with E-state index < -0.39 is 42.8 Å². The molecule has 0 fully saturated rings. The topological polar surface area (TPSA) is 103 Å². The first-order valence-corrected chi connectivity index (χ1v) is 9.05. The van der Waals surface area contributed by atoms with E-state index in [9.17, 15) is 18.8 Å². The summed E-state index contributed by atoms with van der Waals surface area (Å²) in [6, 6.07) is 10.1. The summed E-state index contributed by atoms with van der Waals surface area (Å²) < 4.78 is 28.8. The van der Waals surface area contributed by atoms with Gasteiger partial charge in [-0.2, -0.15) is 0 Å². The Balaban J connectivity index is 1.82. The zero-order chi connectivity index (χ0) is 22.1. The van der Waals surface area contributed by atoms with Crippen molar-refractivity contribution < 1.29 is 33.0 Å². The Morgan fingerprint density at radius 3 is 2.47 bits per heavy atom. The molecule has 8 nitrogen and oxygen atoms in total. The Hall–Kier alpha value is -3.62. The van der Waals surface area contributed by atoms with Crippen LogP contribution in [0.5, 0.6) is 11.5 Å². The molecule has 0 heterocycles. The summed E-state index contributed by atoms with van der Waals surface area (Å²) in [7, 11) is 3.04. The molecule has 1 atom stereocenters. The molecule has 0 saturated carbocycles. The molecule has 0 aromatic heterocycles. The van der Waals surface area contributed by atoms with Crippen molar-refractivity contribution in [2.24, 2.45) is 0 Å². The molecule has 9 heteroatoms. The number of amides is 2. The number of hydrogen-bond donors (Lipinski definition) is 2. The summed E-state index contributed by atoms with van der Waals surface area (Å²) in [5.41, 5.74) is 0.498. The number of nitrogens with one attached hydrogen (secondary N) is 2. The van der Waals surface area contributed by atoms with Crippen molar-refractivity contribution in [1.29, 1.82) is 0 Å². The minimum atomic E-state index is -0.832. The van der Waals surface area contributed by atoms with Gasteiger partial charge in [0.15, 0.2) is 6.61 Å². The van der Waals surface area contributed by atoms with Crippen LogP contribution in [0, 0.1) is 5.82 Å². The number of hydrogen-bond acceptors (Lipinski definition) is 6. The average molecular weight is 418 g/mol. The van der Waals surface area contributed by atoms with Crippen LogP contribution in [0.4, 0.5) is 4.39 Å². The Bertz CT molecular complexity index is 918. The minimum Gasteiger partial charge on any atom is -0.497 e. The predicted molar refractivity (Wildman–Crippen MR) is 106 cm³/mol. The van der Waals surface area contributed by atoms with Crippen molar-refractivity contribution in [3.8, 4) is 11.5 Å². The Morgan fingerprint density at radius 2 is 1.80 bits per heavy atom. The van der Waals surface area contributed by atoms with Crippen LogP contribution >= 0.6 is 0 Å². The standard InChI is InChI=1S/C21H23FN2O6/c1-13(16-10-14(28-2)8-9-18(16)29-3)24-19(25)12-30-20(26)11-23-21(27)15-6-4-5-7-17(15)22/h4-10,13H,11-12H2,1-3H3,(H,23,27)(H,24,25). The van der Waals surface area contributed by atoms with Crippen molar-refractivity contribution in [2.45, 2.75) is 13.0 Å². The van der Waals surface area contributed by atoms with E-state index in [1.807, 2.05) is 0 Å². The minimum absolute atomic E-state index is 0.191. The number of methoxy groups -OCH3 is 2. The van der Waals surface area contributed by atoms with Gasteiger partial charge >= 0.3 is 5.97 Å². The average Bonchev–Trinajstić information content (AvgIpc) is 2.75. The van der Waals surface area contributed by atoms with Crippen LogP contribution in [0.1, 0.15) is 28.9 Å². The SMILES string of the molecule is COc1ccc(OC)c(C(C)NC(=O)COC(=O)CNC(=O)c2ccccc2F)c1. The van der Waals surface area contributed by atoms with Gasteiger partial charge in [-0.05, 0) is 37.3 Å². The Labute approximate surface area is 173 Å². The normalized spacial score (nSPS) is 11.2. The number of carbonyl (C=O) groups excluding carboxylic acids is 3. The smallest absolute Gasteiger partial charge is 0.325 e. The first kappa shape index (κ1) is 22.7. The maximum atomic E-state index is 13.5. The van der Waals surface area contributed by atoms with E-state index in [1.165, 1.54) is 32.4 Å². The molecule has 2 aromatic carbocycles. The van der Waals surface area contributed by atoms with Gasteiger partial charge in [0.2, 0.25) is 0 Å². The van der Waals surface area contributed by atoms with E-state index in [1.54, 1.807) is 25.1 Å². The monoisotopic (exact) mass is 418 g/mol. The second kappa shape index (κ2) is 10.8. The molecule has 1 unspecified atom stereocenters. The fourth-order valence-electron chi connectivity index (χ4n) is 2.63. The Kier molecular flexibility index (Phi) is 8.16. The Morgan fingerprint density at radius 1 is 1.07 bits per heavy atom. The molecule has 0 saturated heterocycles. The van der Waals surface area contributed by atoms with Gasteiger partial charge in [0, 0.05) is 5.56 Å². The lowest BCUT2D eigenvalue weighted by Crippen LogP contribution is -2.35. The van der Waals surface area contributed by atoms with Crippen LogP contribution < -0.4 is 20.1 Å². The third kappa shape index (κ3) is 6.20. The van der Waals surface area contributed by atoms with Crippen molar-refractivity contribution >= 4 is 17.8 Å². The van der Waals surface area contributed by atoms with Crippen molar-refractivity contribution in [2.75, 3.05) is 27.4 Å². The molecule has 2 aromatic rings. The van der Waals surface area contributed by atoms with E-state index in [0.717, 1.165) is 6.07 Å². The molecule has 0 aliphatic carbocycles. The molecule has 0 aliphatic heterocycles. The summed E-state index contributed by atoms with van der Waals surface area (Å²) in [6.07, 6.45) is 0. The number of carbonyl (C=O) groups is 3. The highest BCUT2D eigenvalue weighted by molar-refractivity contribution is 5.96. The van der Waals surface area contributed by atoms with Crippen molar-refractivity contribution in [1.82, 2.24) is 10.6 Å². The summed E-state index contributed by atoms with van der Waals surface area (Å²) in [5.74, 6) is -1.67. The van der Waals surface area contributed by atoms with E-state index >= 15 is 0 Å². The van der Waals surface area contributed by atoms with Crippen LogP contribution in [0.15, 0.2) is 42.5 Å². The zero-order valence-electron chi connectivity index (χ0n) is 16.9. The maximum absolute atomic E-state index is 13.5. The molecule has 2 amide bonds. The van der Waals surface area contributed by atoms with Crippen LogP contribution in [0.25, 0.3) is 0 Å². The van der Waals surface area contributed by atoms with Crippen molar-refractivity contribution in [3.63, 3.8) is 0 Å². The largest absolute Gasteiger partial charge is 0.497 e. The maximum Gasteiger partial charge on any atom is 0.325 e. The second-order valence-corrected chi connectivity index (χ2v) is 6.22. The summed E-state index contributed by atoms with van der Waals surface area (Å²) in [4.78, 5) is 35.7. The number of rotatable bonds is 9. The van der Waals surface area contributed by atoms with Gasteiger partial charge in [-0.1, -0.05) is 12.1 Å². The molecule has 160 valence electrons. The van der Waals surface area contributed by atoms with Crippen LogP contribution in [-0.2, 0) is 14.3 Å². The lowest BCUT2D eigenvalue weighted by molar-refractivity contribution is -0.147. The van der Waals surface area contributed by atoms with Gasteiger partial charge in [0.25, 0.3) is 11.8 Å². The van der Waals surface area contributed by atoms with E-state index in [2.05, 4.69) is 10.6 Å². The van der Waals surface area contributed by atoms with Crippen molar-refractivity contribution in [3.05, 3.63) is 59.4 Å². The van der Waals surface area contributed by atoms with Crippen LogP contribution in [-0.4, -0.2) is 45.2 Å². The fourth-order valence-corrected chi connectivity index (χ4v) is 2.63. The first-order valence-electron chi connectivity index (χ1n) is 9.05. The molecule has 0 aliphatic rings. The number of ether oxygens (including phenoxy) is 3. The predicted octanol–water partition coefficient (Wildman–Crippen LogP) is 1.99. The number of halogens is 1. The third-order valence-electron chi connectivity index (χ3n) is 4.16. The lowest BCUT2D eigenvalue weighted by Gasteiger charge is -2.18. The fraction of sp³-hybridized carbons (Fsp3) is 0.286. The molecular weight excluding hydrogens is 395 g/mol. The molecule has 2 N–H and O–H groups in total. The molecule has 0 radical (unpaired) electrons. The van der Waals surface area contributed by atoms with Gasteiger partial charge < -0.3 is 24.8 Å². The van der Waals surface area contributed by atoms with Crippen LogP contribution in [0.2, 0.25) is 0 Å². The summed E-state index contributed by atoms with van der Waals surface area (Å²) >= 11 is 0. The lowest BCUT2D eigenvalue weighted by atomic mass is 10.1. The van der Waals surface area contributed by atoms with Gasteiger partial charge in [-0.15, -0.1) is 0 Å². The van der Waals surface area contributed by atoms with Gasteiger partial charge in [-0.25, -0.2) is 4.39 Å². The molecule has 2 rings (SSSR count). The summed E-state index contributed by atoms with van der Waals surface area (Å²) in [5, 5.41) is 4.93. The highest BCUT2D eigenvalue weighted by Gasteiger charge is 2.17. The molecular formula is C21H23FN2O6. The van der Waals surface area contributed by atoms with E-state index in [4.69, 9.17) is 14.2 Å². The number of benzene rings is 2. The van der Waals surface area contributed by atoms with Gasteiger partial charge in [0.05, 0.1) is 25.8 Å². The highest BCUT2D eigenvalue weighted by atomic mass is 19.1. The quantitative estimate of drug-likeness (QED) is 0.604.